The summed E-state index contributed by atoms with van der Waals surface area (Å²) < 4.78 is 6.99. The molecule has 4 aromatic rings. The van der Waals surface area contributed by atoms with Gasteiger partial charge in [-0.2, -0.15) is 0 Å². The van der Waals surface area contributed by atoms with Crippen molar-refractivity contribution in [2.24, 2.45) is 0 Å². The predicted octanol–water partition coefficient (Wildman–Crippen LogP) is 2.62. The number of nitrogens with two attached hydrogens (primary N) is 1. The molecule has 0 unspecified atom stereocenters. The van der Waals surface area contributed by atoms with Crippen LogP contribution in [0, 0.1) is 6.92 Å². The molecule has 29 heavy (non-hydrogen) atoms. The van der Waals surface area contributed by atoms with Crippen LogP contribution in [0.4, 0.5) is 5.95 Å². The Kier molecular flexibility index (Phi) is 4.82. The van der Waals surface area contributed by atoms with Crippen molar-refractivity contribution in [2.75, 3.05) is 12.8 Å². The number of ether oxygens (including phenoxy) is 1. The first-order valence-corrected chi connectivity index (χ1v) is 9.04. The molecule has 3 N–H and O–H groups in total. The molecule has 3 aromatic heterocycles. The van der Waals surface area contributed by atoms with Crippen molar-refractivity contribution in [2.45, 2.75) is 13.5 Å². The number of hydrogen-bond acceptors (Lipinski definition) is 6. The lowest BCUT2D eigenvalue weighted by Gasteiger charge is -2.08. The van der Waals surface area contributed by atoms with Gasteiger partial charge in [0.15, 0.2) is 0 Å². The number of imidazole rings is 1. The average Bonchev–Trinajstić information content (AvgIpc) is 3.07. The number of methoxy groups -OCH3 is 1. The van der Waals surface area contributed by atoms with E-state index in [1.54, 1.807) is 23.8 Å². The normalized spacial score (nSPS) is 10.8. The predicted molar refractivity (Wildman–Crippen MR) is 110 cm³/mol. The number of fused-ring (bicyclic) bond motifs is 1. The number of aryl methyl sites for hydroxylation is 1. The standard InChI is InChI=1S/C21H20N6O2/c1-13-19(20(28)24-12-14-4-3-5-16(10-14)29-2)27-9-7-15(11-18(27)25-13)17-6-8-23-21(22)26-17/h3-11H,12H2,1-2H3,(H,24,28)(H2,22,23,26). The summed E-state index contributed by atoms with van der Waals surface area (Å²) in [6, 6.07) is 13.1. The van der Waals surface area contributed by atoms with Crippen molar-refractivity contribution in [3.8, 4) is 17.0 Å². The van der Waals surface area contributed by atoms with Gasteiger partial charge in [0.2, 0.25) is 5.95 Å². The van der Waals surface area contributed by atoms with Crippen molar-refractivity contribution >= 4 is 17.5 Å². The highest BCUT2D eigenvalue weighted by molar-refractivity contribution is 5.94. The van der Waals surface area contributed by atoms with Gasteiger partial charge in [0.25, 0.3) is 5.91 Å². The lowest BCUT2D eigenvalue weighted by molar-refractivity contribution is 0.0944. The molecule has 146 valence electrons. The van der Waals surface area contributed by atoms with Gasteiger partial charge in [-0.1, -0.05) is 12.1 Å². The fourth-order valence-corrected chi connectivity index (χ4v) is 3.18. The van der Waals surface area contributed by atoms with Gasteiger partial charge in [-0.05, 0) is 42.8 Å². The van der Waals surface area contributed by atoms with E-state index in [2.05, 4.69) is 20.3 Å². The van der Waals surface area contributed by atoms with E-state index < -0.39 is 0 Å². The number of aromatic nitrogens is 4. The van der Waals surface area contributed by atoms with Gasteiger partial charge >= 0.3 is 0 Å². The number of hydrogen-bond donors (Lipinski definition) is 2. The van der Waals surface area contributed by atoms with Gasteiger partial charge in [-0.15, -0.1) is 0 Å². The smallest absolute Gasteiger partial charge is 0.270 e. The lowest BCUT2D eigenvalue weighted by atomic mass is 10.2. The van der Waals surface area contributed by atoms with Crippen LogP contribution in [0.25, 0.3) is 16.9 Å². The fourth-order valence-electron chi connectivity index (χ4n) is 3.18. The lowest BCUT2D eigenvalue weighted by Crippen LogP contribution is -2.25. The Morgan fingerprint density at radius 2 is 2.07 bits per heavy atom. The number of pyridine rings is 1. The molecule has 0 spiro atoms. The highest BCUT2D eigenvalue weighted by atomic mass is 16.5. The van der Waals surface area contributed by atoms with Crippen molar-refractivity contribution in [3.05, 3.63) is 71.8 Å². The minimum Gasteiger partial charge on any atom is -0.497 e. The molecule has 0 fully saturated rings. The van der Waals surface area contributed by atoms with E-state index in [1.165, 1.54) is 0 Å². The second-order valence-electron chi connectivity index (χ2n) is 6.52. The van der Waals surface area contributed by atoms with Crippen LogP contribution in [0.5, 0.6) is 5.75 Å². The van der Waals surface area contributed by atoms with Crippen LogP contribution in [0.3, 0.4) is 0 Å². The third-order valence-corrected chi connectivity index (χ3v) is 4.57. The maximum atomic E-state index is 12.8. The number of nitrogens with zero attached hydrogens (tertiary/aromatic N) is 4. The van der Waals surface area contributed by atoms with Gasteiger partial charge < -0.3 is 15.8 Å². The SMILES string of the molecule is COc1cccc(CNC(=O)c2c(C)nc3cc(-c4ccnc(N)n4)ccn23)c1. The van der Waals surface area contributed by atoms with Crippen LogP contribution >= 0.6 is 0 Å². The largest absolute Gasteiger partial charge is 0.497 e. The molecule has 3 heterocycles. The number of amides is 1. The maximum absolute atomic E-state index is 12.8. The van der Waals surface area contributed by atoms with Gasteiger partial charge in [0, 0.05) is 24.5 Å². The Hall–Kier alpha value is -3.94. The molecular weight excluding hydrogens is 368 g/mol. The van der Waals surface area contributed by atoms with Gasteiger partial charge in [-0.3, -0.25) is 9.20 Å². The summed E-state index contributed by atoms with van der Waals surface area (Å²) in [5, 5.41) is 2.95. The summed E-state index contributed by atoms with van der Waals surface area (Å²) in [4.78, 5) is 25.5. The van der Waals surface area contributed by atoms with E-state index in [1.807, 2.05) is 49.5 Å². The second kappa shape index (κ2) is 7.59. The highest BCUT2D eigenvalue weighted by Crippen LogP contribution is 2.21. The van der Waals surface area contributed by atoms with E-state index in [4.69, 9.17) is 10.5 Å². The first kappa shape index (κ1) is 18.4. The first-order chi connectivity index (χ1) is 14.0. The Morgan fingerprint density at radius 1 is 1.21 bits per heavy atom. The van der Waals surface area contributed by atoms with Crippen molar-refractivity contribution in [1.29, 1.82) is 0 Å². The van der Waals surface area contributed by atoms with E-state index >= 15 is 0 Å². The number of carbonyl (C=O) groups is 1. The number of rotatable bonds is 5. The molecule has 8 heteroatoms. The quantitative estimate of drug-likeness (QED) is 0.544. The van der Waals surface area contributed by atoms with Crippen LogP contribution in [0.2, 0.25) is 0 Å². The van der Waals surface area contributed by atoms with Crippen LogP contribution in [-0.2, 0) is 6.54 Å². The molecule has 0 radical (unpaired) electrons. The van der Waals surface area contributed by atoms with E-state index in [0.29, 0.717) is 29.3 Å². The topological polar surface area (TPSA) is 107 Å². The summed E-state index contributed by atoms with van der Waals surface area (Å²) in [6.07, 6.45) is 3.42. The number of benzene rings is 1. The summed E-state index contributed by atoms with van der Waals surface area (Å²) in [7, 11) is 1.61. The Morgan fingerprint density at radius 3 is 2.86 bits per heavy atom. The van der Waals surface area contributed by atoms with E-state index in [-0.39, 0.29) is 11.9 Å². The molecule has 0 aliphatic carbocycles. The minimum absolute atomic E-state index is 0.197. The summed E-state index contributed by atoms with van der Waals surface area (Å²) >= 11 is 0. The molecule has 0 aliphatic heterocycles. The molecule has 1 aromatic carbocycles. The van der Waals surface area contributed by atoms with E-state index in [9.17, 15) is 4.79 Å². The highest BCUT2D eigenvalue weighted by Gasteiger charge is 2.17. The molecular formula is C21H20N6O2. The number of carbonyl (C=O) groups excluding carboxylic acids is 1. The van der Waals surface area contributed by atoms with Gasteiger partial charge in [0.1, 0.15) is 17.1 Å². The van der Waals surface area contributed by atoms with E-state index in [0.717, 1.165) is 16.9 Å². The van der Waals surface area contributed by atoms with Gasteiger partial charge in [-0.25, -0.2) is 15.0 Å². The zero-order chi connectivity index (χ0) is 20.4. The summed E-state index contributed by atoms with van der Waals surface area (Å²) in [5.74, 6) is 0.761. The van der Waals surface area contributed by atoms with Crippen LogP contribution < -0.4 is 15.8 Å². The molecule has 8 nitrogen and oxygen atoms in total. The Balaban J connectivity index is 1.60. The second-order valence-corrected chi connectivity index (χ2v) is 6.52. The fraction of sp³-hybridized carbons (Fsp3) is 0.143. The molecule has 0 bridgehead atoms. The number of nitrogens with one attached hydrogen (secondary N) is 1. The third kappa shape index (κ3) is 3.73. The summed E-state index contributed by atoms with van der Waals surface area (Å²) in [5.41, 5.74) is 9.97. The zero-order valence-corrected chi connectivity index (χ0v) is 16.1. The van der Waals surface area contributed by atoms with Crippen molar-refractivity contribution < 1.29 is 9.53 Å². The molecule has 1 amide bonds. The maximum Gasteiger partial charge on any atom is 0.270 e. The first-order valence-electron chi connectivity index (χ1n) is 9.04. The Labute approximate surface area is 167 Å². The number of nitrogen functional groups attached to an aromatic ring is 1. The van der Waals surface area contributed by atoms with Gasteiger partial charge in [0.05, 0.1) is 18.5 Å². The molecule has 0 saturated carbocycles. The molecule has 0 aliphatic rings. The van der Waals surface area contributed by atoms with Crippen LogP contribution in [0.15, 0.2) is 54.9 Å². The van der Waals surface area contributed by atoms with Crippen LogP contribution in [-0.4, -0.2) is 32.4 Å². The average molecular weight is 388 g/mol. The van der Waals surface area contributed by atoms with Crippen molar-refractivity contribution in [3.63, 3.8) is 0 Å². The van der Waals surface area contributed by atoms with Crippen LogP contribution in [0.1, 0.15) is 21.7 Å². The molecule has 0 atom stereocenters. The molecule has 0 saturated heterocycles. The monoisotopic (exact) mass is 388 g/mol. The molecule has 4 rings (SSSR count). The summed E-state index contributed by atoms with van der Waals surface area (Å²) in [6.45, 7) is 2.21. The van der Waals surface area contributed by atoms with Crippen molar-refractivity contribution in [1.82, 2.24) is 24.7 Å². The third-order valence-electron chi connectivity index (χ3n) is 4.57. The zero-order valence-electron chi connectivity index (χ0n) is 16.1. The Bertz CT molecular complexity index is 1200. The number of anilines is 1. The minimum atomic E-state index is -0.197.